The lowest BCUT2D eigenvalue weighted by Crippen LogP contribution is -2.45. The van der Waals surface area contributed by atoms with Gasteiger partial charge in [-0.15, -0.1) is 0 Å². The molecule has 1 atom stereocenters. The predicted molar refractivity (Wildman–Crippen MR) is 101 cm³/mol. The summed E-state index contributed by atoms with van der Waals surface area (Å²) in [4.78, 5) is 24.7. The summed E-state index contributed by atoms with van der Waals surface area (Å²) in [5, 5.41) is 6.27. The standard InChI is InChI=1S/C19H22Cl2N2O3/c1-11-16(18(24)26-10-12-5-3-2-4-6-12)17(23-19(25)22-11)14-8-7-13(20)9-15(14)21/h7-9,12,17H,2-6,10H2,1H3,(H2,22,23,25)/t17-/m1/s1. The van der Waals surface area contributed by atoms with E-state index in [4.69, 9.17) is 27.9 Å². The molecule has 2 amide bonds. The summed E-state index contributed by atoms with van der Waals surface area (Å²) >= 11 is 12.3. The second-order valence-corrected chi connectivity index (χ2v) is 7.68. The quantitative estimate of drug-likeness (QED) is 0.721. The molecule has 1 aromatic rings. The number of allylic oxidation sites excluding steroid dienone is 1. The van der Waals surface area contributed by atoms with Gasteiger partial charge in [-0.1, -0.05) is 48.5 Å². The number of hydrogen-bond donors (Lipinski definition) is 2. The Morgan fingerprint density at radius 1 is 1.23 bits per heavy atom. The van der Waals surface area contributed by atoms with Crippen molar-refractivity contribution < 1.29 is 14.3 Å². The monoisotopic (exact) mass is 396 g/mol. The Kier molecular flexibility index (Phi) is 6.09. The van der Waals surface area contributed by atoms with Crippen LogP contribution >= 0.6 is 23.2 Å². The molecule has 1 aromatic carbocycles. The van der Waals surface area contributed by atoms with E-state index in [1.54, 1.807) is 25.1 Å². The molecule has 0 aromatic heterocycles. The van der Waals surface area contributed by atoms with Crippen molar-refractivity contribution in [1.82, 2.24) is 10.6 Å². The van der Waals surface area contributed by atoms with Gasteiger partial charge in [0, 0.05) is 15.7 Å². The topological polar surface area (TPSA) is 67.4 Å². The second-order valence-electron chi connectivity index (χ2n) is 6.84. The Morgan fingerprint density at radius 2 is 1.96 bits per heavy atom. The fraction of sp³-hybridized carbons (Fsp3) is 0.474. The zero-order chi connectivity index (χ0) is 18.7. The number of hydrogen-bond acceptors (Lipinski definition) is 3. The van der Waals surface area contributed by atoms with Crippen LogP contribution in [0.3, 0.4) is 0 Å². The molecule has 3 rings (SSSR count). The van der Waals surface area contributed by atoms with Gasteiger partial charge in [-0.2, -0.15) is 0 Å². The number of carbonyl (C=O) groups excluding carboxylic acids is 2. The van der Waals surface area contributed by atoms with Crippen molar-refractivity contribution in [1.29, 1.82) is 0 Å². The summed E-state index contributed by atoms with van der Waals surface area (Å²) < 4.78 is 5.58. The molecule has 2 N–H and O–H groups in total. The number of halogens is 2. The van der Waals surface area contributed by atoms with E-state index in [1.807, 2.05) is 0 Å². The Labute approximate surface area is 163 Å². The van der Waals surface area contributed by atoms with E-state index < -0.39 is 12.0 Å². The van der Waals surface area contributed by atoms with Crippen LogP contribution in [0.25, 0.3) is 0 Å². The molecule has 0 radical (unpaired) electrons. The molecule has 1 aliphatic heterocycles. The molecule has 0 bridgehead atoms. The van der Waals surface area contributed by atoms with Gasteiger partial charge in [0.2, 0.25) is 0 Å². The molecule has 0 unspecified atom stereocenters. The molecule has 1 saturated carbocycles. The van der Waals surface area contributed by atoms with E-state index in [9.17, 15) is 9.59 Å². The Hall–Kier alpha value is -1.72. The maximum absolute atomic E-state index is 12.8. The fourth-order valence-electron chi connectivity index (χ4n) is 3.56. The Balaban J connectivity index is 1.81. The Morgan fingerprint density at radius 3 is 2.65 bits per heavy atom. The SMILES string of the molecule is CC1=C(C(=O)OCC2CCCCC2)[C@@H](c2ccc(Cl)cc2Cl)NC(=O)N1. The summed E-state index contributed by atoms with van der Waals surface area (Å²) in [7, 11) is 0. The van der Waals surface area contributed by atoms with Crippen molar-refractivity contribution in [3.05, 3.63) is 45.1 Å². The summed E-state index contributed by atoms with van der Waals surface area (Å²) in [6.07, 6.45) is 5.80. The van der Waals surface area contributed by atoms with Crippen molar-refractivity contribution in [2.24, 2.45) is 5.92 Å². The van der Waals surface area contributed by atoms with Crippen LogP contribution in [0.2, 0.25) is 10.0 Å². The zero-order valence-corrected chi connectivity index (χ0v) is 16.1. The number of carbonyl (C=O) groups is 2. The van der Waals surface area contributed by atoms with Gasteiger partial charge in [0.25, 0.3) is 0 Å². The lowest BCUT2D eigenvalue weighted by atomic mass is 9.90. The first kappa shape index (κ1) is 19.1. The van der Waals surface area contributed by atoms with E-state index in [2.05, 4.69) is 10.6 Å². The van der Waals surface area contributed by atoms with Crippen LogP contribution in [-0.2, 0) is 9.53 Å². The number of urea groups is 1. The molecule has 0 saturated heterocycles. The van der Waals surface area contributed by atoms with Crippen LogP contribution in [0.15, 0.2) is 29.5 Å². The third-order valence-electron chi connectivity index (χ3n) is 4.94. The molecule has 1 fully saturated rings. The minimum absolute atomic E-state index is 0.365. The third kappa shape index (κ3) is 4.33. The number of amides is 2. The van der Waals surface area contributed by atoms with Gasteiger partial charge in [0.1, 0.15) is 0 Å². The summed E-state index contributed by atoms with van der Waals surface area (Å²) in [6.45, 7) is 2.09. The number of rotatable bonds is 4. The number of esters is 1. The number of benzene rings is 1. The lowest BCUT2D eigenvalue weighted by Gasteiger charge is -2.29. The second kappa shape index (κ2) is 8.31. The molecular formula is C19H22Cl2N2O3. The molecule has 2 aliphatic rings. The first-order chi connectivity index (χ1) is 12.5. The van der Waals surface area contributed by atoms with Gasteiger partial charge in [-0.3, -0.25) is 0 Å². The van der Waals surface area contributed by atoms with Crippen LogP contribution in [0.5, 0.6) is 0 Å². The van der Waals surface area contributed by atoms with Crippen molar-refractivity contribution in [2.45, 2.75) is 45.1 Å². The van der Waals surface area contributed by atoms with E-state index in [-0.39, 0.29) is 6.03 Å². The van der Waals surface area contributed by atoms with Crippen LogP contribution < -0.4 is 10.6 Å². The summed E-state index contributed by atoms with van der Waals surface area (Å²) in [5.74, 6) is -0.0195. The molecule has 1 aliphatic carbocycles. The minimum atomic E-state index is -0.674. The zero-order valence-electron chi connectivity index (χ0n) is 14.6. The summed E-state index contributed by atoms with van der Waals surface area (Å²) in [6, 6.07) is 3.92. The molecule has 1 heterocycles. The van der Waals surface area contributed by atoms with E-state index in [0.29, 0.717) is 39.4 Å². The first-order valence-corrected chi connectivity index (χ1v) is 9.61. The molecule has 0 spiro atoms. The van der Waals surface area contributed by atoms with Crippen LogP contribution in [0.1, 0.15) is 50.6 Å². The largest absolute Gasteiger partial charge is 0.462 e. The van der Waals surface area contributed by atoms with Crippen LogP contribution in [-0.4, -0.2) is 18.6 Å². The lowest BCUT2D eigenvalue weighted by molar-refractivity contribution is -0.141. The van der Waals surface area contributed by atoms with Gasteiger partial charge >= 0.3 is 12.0 Å². The third-order valence-corrected chi connectivity index (χ3v) is 5.50. The maximum atomic E-state index is 12.8. The van der Waals surface area contributed by atoms with Gasteiger partial charge in [0.05, 0.1) is 18.2 Å². The van der Waals surface area contributed by atoms with Crippen molar-refractivity contribution in [2.75, 3.05) is 6.61 Å². The van der Waals surface area contributed by atoms with Crippen LogP contribution in [0.4, 0.5) is 4.79 Å². The molecule has 140 valence electrons. The van der Waals surface area contributed by atoms with E-state index in [1.165, 1.54) is 19.3 Å². The van der Waals surface area contributed by atoms with E-state index in [0.717, 1.165) is 12.8 Å². The molecular weight excluding hydrogens is 375 g/mol. The van der Waals surface area contributed by atoms with Gasteiger partial charge < -0.3 is 15.4 Å². The van der Waals surface area contributed by atoms with E-state index >= 15 is 0 Å². The highest BCUT2D eigenvalue weighted by Crippen LogP contribution is 2.34. The average molecular weight is 397 g/mol. The van der Waals surface area contributed by atoms with Gasteiger partial charge in [-0.05, 0) is 43.4 Å². The molecule has 5 nitrogen and oxygen atoms in total. The molecule has 26 heavy (non-hydrogen) atoms. The first-order valence-electron chi connectivity index (χ1n) is 8.86. The minimum Gasteiger partial charge on any atom is -0.462 e. The highest BCUT2D eigenvalue weighted by molar-refractivity contribution is 6.35. The Bertz CT molecular complexity index is 742. The predicted octanol–water partition coefficient (Wildman–Crippen LogP) is 4.74. The van der Waals surface area contributed by atoms with Crippen molar-refractivity contribution in [3.63, 3.8) is 0 Å². The highest BCUT2D eigenvalue weighted by Gasteiger charge is 2.33. The van der Waals surface area contributed by atoms with Gasteiger partial charge in [-0.25, -0.2) is 9.59 Å². The van der Waals surface area contributed by atoms with Gasteiger partial charge in [0.15, 0.2) is 0 Å². The van der Waals surface area contributed by atoms with Crippen LogP contribution in [0, 0.1) is 5.92 Å². The number of nitrogens with one attached hydrogen (secondary N) is 2. The maximum Gasteiger partial charge on any atom is 0.338 e. The average Bonchev–Trinajstić information content (AvgIpc) is 2.60. The smallest absolute Gasteiger partial charge is 0.338 e. The normalized spacial score (nSPS) is 21.2. The highest BCUT2D eigenvalue weighted by atomic mass is 35.5. The number of ether oxygens (including phenoxy) is 1. The van der Waals surface area contributed by atoms with Crippen molar-refractivity contribution >= 4 is 35.2 Å². The summed E-state index contributed by atoms with van der Waals surface area (Å²) in [5.41, 5.74) is 1.44. The van der Waals surface area contributed by atoms with Crippen molar-refractivity contribution in [3.8, 4) is 0 Å². The fourth-order valence-corrected chi connectivity index (χ4v) is 4.08. The molecule has 7 heteroatoms.